The molecule has 1 heterocycles. The van der Waals surface area contributed by atoms with Crippen LogP contribution in [-0.2, 0) is 6.54 Å². The zero-order valence-corrected chi connectivity index (χ0v) is 8.14. The third kappa shape index (κ3) is 1.75. The second kappa shape index (κ2) is 3.50. The smallest absolute Gasteiger partial charge is 0.0490 e. The van der Waals surface area contributed by atoms with Crippen molar-refractivity contribution in [2.24, 2.45) is 0 Å². The summed E-state index contributed by atoms with van der Waals surface area (Å²) in [6.45, 7) is 3.19. The van der Waals surface area contributed by atoms with Crippen LogP contribution < -0.4 is 5.32 Å². The van der Waals surface area contributed by atoms with Crippen LogP contribution in [-0.4, -0.2) is 15.7 Å². The summed E-state index contributed by atoms with van der Waals surface area (Å²) in [5.41, 5.74) is 1.62. The number of aromatic nitrogens is 2. The van der Waals surface area contributed by atoms with Crippen molar-refractivity contribution in [3.05, 3.63) is 18.0 Å². The van der Waals surface area contributed by atoms with Gasteiger partial charge in [0.25, 0.3) is 0 Å². The number of nitrogens with one attached hydrogen (secondary N) is 2. The van der Waals surface area contributed by atoms with Gasteiger partial charge in [0, 0.05) is 24.0 Å². The fourth-order valence-electron chi connectivity index (χ4n) is 1.92. The maximum atomic E-state index is 3.93. The molecule has 3 nitrogen and oxygen atoms in total. The van der Waals surface area contributed by atoms with E-state index >= 15 is 0 Å². The van der Waals surface area contributed by atoms with Crippen molar-refractivity contribution >= 4 is 0 Å². The average molecular weight is 179 g/mol. The predicted molar refractivity (Wildman–Crippen MR) is 52.3 cm³/mol. The Hall–Kier alpha value is -0.830. The third-order valence-electron chi connectivity index (χ3n) is 3.20. The first kappa shape index (κ1) is 8.75. The molecule has 0 atom stereocenters. The molecule has 1 aliphatic carbocycles. The van der Waals surface area contributed by atoms with Crippen LogP contribution in [0.2, 0.25) is 0 Å². The van der Waals surface area contributed by atoms with E-state index < -0.39 is 0 Å². The number of aromatic amines is 1. The first-order chi connectivity index (χ1) is 6.35. The monoisotopic (exact) mass is 179 g/mol. The second-order valence-corrected chi connectivity index (χ2v) is 3.92. The van der Waals surface area contributed by atoms with Gasteiger partial charge in [-0.05, 0) is 31.7 Å². The molecule has 1 aromatic rings. The Bertz CT molecular complexity index is 244. The first-order valence-electron chi connectivity index (χ1n) is 5.08. The molecule has 0 aliphatic heterocycles. The van der Waals surface area contributed by atoms with Gasteiger partial charge in [-0.15, -0.1) is 0 Å². The van der Waals surface area contributed by atoms with Crippen LogP contribution in [0.25, 0.3) is 0 Å². The van der Waals surface area contributed by atoms with Crippen LogP contribution in [0.3, 0.4) is 0 Å². The number of rotatable bonds is 4. The van der Waals surface area contributed by atoms with Crippen LogP contribution in [0.1, 0.15) is 38.3 Å². The van der Waals surface area contributed by atoms with Crippen molar-refractivity contribution in [3.63, 3.8) is 0 Å². The fourth-order valence-corrected chi connectivity index (χ4v) is 1.92. The SMILES string of the molecule is CCC1(NCc2ccn[nH]2)CCC1. The highest BCUT2D eigenvalue weighted by atomic mass is 15.1. The summed E-state index contributed by atoms with van der Waals surface area (Å²) in [7, 11) is 0. The zero-order valence-electron chi connectivity index (χ0n) is 8.14. The number of H-pyrrole nitrogens is 1. The van der Waals surface area contributed by atoms with Crippen molar-refractivity contribution in [2.45, 2.75) is 44.7 Å². The molecule has 1 fully saturated rings. The topological polar surface area (TPSA) is 40.7 Å². The molecule has 2 rings (SSSR count). The molecule has 13 heavy (non-hydrogen) atoms. The molecular formula is C10H17N3. The number of nitrogens with zero attached hydrogens (tertiary/aromatic N) is 1. The van der Waals surface area contributed by atoms with Crippen molar-refractivity contribution in [1.29, 1.82) is 0 Å². The summed E-state index contributed by atoms with van der Waals surface area (Å²) < 4.78 is 0. The Labute approximate surface area is 78.9 Å². The van der Waals surface area contributed by atoms with Gasteiger partial charge < -0.3 is 5.32 Å². The Kier molecular flexibility index (Phi) is 2.36. The summed E-state index contributed by atoms with van der Waals surface area (Å²) in [6, 6.07) is 2.02. The van der Waals surface area contributed by atoms with Gasteiger partial charge in [0.1, 0.15) is 0 Å². The minimum atomic E-state index is 0.436. The summed E-state index contributed by atoms with van der Waals surface area (Å²) in [4.78, 5) is 0. The molecule has 1 saturated carbocycles. The lowest BCUT2D eigenvalue weighted by atomic mass is 9.75. The van der Waals surface area contributed by atoms with Gasteiger partial charge in [0.2, 0.25) is 0 Å². The molecule has 0 bridgehead atoms. The Morgan fingerprint density at radius 2 is 2.46 bits per heavy atom. The highest BCUT2D eigenvalue weighted by Gasteiger charge is 2.34. The van der Waals surface area contributed by atoms with Gasteiger partial charge >= 0.3 is 0 Å². The van der Waals surface area contributed by atoms with E-state index in [1.807, 2.05) is 6.07 Å². The van der Waals surface area contributed by atoms with Gasteiger partial charge in [0.15, 0.2) is 0 Å². The summed E-state index contributed by atoms with van der Waals surface area (Å²) in [5.74, 6) is 0. The van der Waals surface area contributed by atoms with Crippen LogP contribution in [0.5, 0.6) is 0 Å². The van der Waals surface area contributed by atoms with Gasteiger partial charge in [-0.25, -0.2) is 0 Å². The lowest BCUT2D eigenvalue weighted by molar-refractivity contribution is 0.175. The zero-order chi connectivity index (χ0) is 9.15. The average Bonchev–Trinajstić information content (AvgIpc) is 2.56. The molecule has 0 radical (unpaired) electrons. The standard InChI is InChI=1S/C10H17N3/c1-2-10(5-3-6-10)11-8-9-4-7-12-13-9/h4,7,11H,2-3,5-6,8H2,1H3,(H,12,13). The van der Waals surface area contributed by atoms with Gasteiger partial charge in [0.05, 0.1) is 0 Å². The lowest BCUT2D eigenvalue weighted by Gasteiger charge is -2.42. The Morgan fingerprint density at radius 3 is 2.92 bits per heavy atom. The summed E-state index contributed by atoms with van der Waals surface area (Å²) in [6.07, 6.45) is 7.08. The Balaban J connectivity index is 1.84. The fraction of sp³-hybridized carbons (Fsp3) is 0.700. The second-order valence-electron chi connectivity index (χ2n) is 3.92. The van der Waals surface area contributed by atoms with Gasteiger partial charge in [-0.3, -0.25) is 5.10 Å². The normalized spacial score (nSPS) is 19.8. The minimum Gasteiger partial charge on any atom is -0.306 e. The van der Waals surface area contributed by atoms with E-state index in [1.54, 1.807) is 6.20 Å². The van der Waals surface area contributed by atoms with Crippen LogP contribution in [0, 0.1) is 0 Å². The van der Waals surface area contributed by atoms with Crippen LogP contribution >= 0.6 is 0 Å². The minimum absolute atomic E-state index is 0.436. The van der Waals surface area contributed by atoms with Gasteiger partial charge in [-0.1, -0.05) is 6.92 Å². The largest absolute Gasteiger partial charge is 0.306 e. The van der Waals surface area contributed by atoms with Gasteiger partial charge in [-0.2, -0.15) is 5.10 Å². The molecule has 1 aromatic heterocycles. The number of hydrogen-bond donors (Lipinski definition) is 2. The third-order valence-corrected chi connectivity index (χ3v) is 3.20. The van der Waals surface area contributed by atoms with E-state index in [4.69, 9.17) is 0 Å². The van der Waals surface area contributed by atoms with E-state index in [-0.39, 0.29) is 0 Å². The molecule has 0 amide bonds. The molecule has 0 saturated heterocycles. The van der Waals surface area contributed by atoms with Crippen LogP contribution in [0.15, 0.2) is 12.3 Å². The van der Waals surface area contributed by atoms with E-state index in [9.17, 15) is 0 Å². The summed E-state index contributed by atoms with van der Waals surface area (Å²) >= 11 is 0. The van der Waals surface area contributed by atoms with E-state index in [0.717, 1.165) is 6.54 Å². The van der Waals surface area contributed by atoms with Crippen molar-refractivity contribution < 1.29 is 0 Å². The van der Waals surface area contributed by atoms with E-state index in [2.05, 4.69) is 22.4 Å². The van der Waals surface area contributed by atoms with Crippen molar-refractivity contribution in [1.82, 2.24) is 15.5 Å². The summed E-state index contributed by atoms with van der Waals surface area (Å²) in [5, 5.41) is 10.5. The van der Waals surface area contributed by atoms with Crippen molar-refractivity contribution in [3.8, 4) is 0 Å². The molecule has 72 valence electrons. The first-order valence-corrected chi connectivity index (χ1v) is 5.08. The number of hydrogen-bond acceptors (Lipinski definition) is 2. The maximum Gasteiger partial charge on any atom is 0.0490 e. The lowest BCUT2D eigenvalue weighted by Crippen LogP contribution is -2.49. The molecular weight excluding hydrogens is 162 g/mol. The Morgan fingerprint density at radius 1 is 1.62 bits per heavy atom. The molecule has 1 aliphatic rings. The van der Waals surface area contributed by atoms with Crippen LogP contribution in [0.4, 0.5) is 0 Å². The molecule has 0 spiro atoms. The molecule has 0 aromatic carbocycles. The maximum absolute atomic E-state index is 3.93. The highest BCUT2D eigenvalue weighted by molar-refractivity contribution is 5.01. The predicted octanol–water partition coefficient (Wildman–Crippen LogP) is 1.83. The molecule has 0 unspecified atom stereocenters. The highest BCUT2D eigenvalue weighted by Crippen LogP contribution is 2.34. The molecule has 3 heteroatoms. The quantitative estimate of drug-likeness (QED) is 0.740. The van der Waals surface area contributed by atoms with E-state index in [1.165, 1.54) is 31.4 Å². The molecule has 2 N–H and O–H groups in total. The van der Waals surface area contributed by atoms with E-state index in [0.29, 0.717) is 5.54 Å². The van der Waals surface area contributed by atoms with Crippen molar-refractivity contribution in [2.75, 3.05) is 0 Å².